The zero-order valence-electron chi connectivity index (χ0n) is 13.5. The summed E-state index contributed by atoms with van der Waals surface area (Å²) in [4.78, 5) is 15.9. The van der Waals surface area contributed by atoms with E-state index in [0.717, 1.165) is 54.0 Å². The molecule has 1 aliphatic heterocycles. The highest BCUT2D eigenvalue weighted by Gasteiger charge is 2.20. The molecule has 0 unspecified atom stereocenters. The molecule has 5 nitrogen and oxygen atoms in total. The lowest BCUT2D eigenvalue weighted by Crippen LogP contribution is -2.35. The first-order chi connectivity index (χ1) is 11.8. The number of rotatable bonds is 3. The summed E-state index contributed by atoms with van der Waals surface area (Å²) in [6, 6.07) is 12.1. The van der Waals surface area contributed by atoms with Gasteiger partial charge in [-0.25, -0.2) is 9.97 Å². The van der Waals surface area contributed by atoms with Crippen molar-refractivity contribution in [2.24, 2.45) is 5.92 Å². The summed E-state index contributed by atoms with van der Waals surface area (Å²) in [5.41, 5.74) is 2.88. The Bertz CT molecular complexity index is 843. The lowest BCUT2D eigenvalue weighted by Gasteiger charge is -2.31. The maximum absolute atomic E-state index is 9.27. The van der Waals surface area contributed by atoms with Crippen LogP contribution in [-0.2, 0) is 0 Å². The van der Waals surface area contributed by atoms with E-state index in [9.17, 15) is 5.11 Å². The molecule has 1 saturated heterocycles. The molecule has 0 spiro atoms. The third-order valence-corrected chi connectivity index (χ3v) is 4.68. The highest BCUT2D eigenvalue weighted by atomic mass is 16.3. The molecule has 2 aromatic heterocycles. The van der Waals surface area contributed by atoms with Crippen LogP contribution in [0.2, 0.25) is 0 Å². The van der Waals surface area contributed by atoms with Gasteiger partial charge < -0.3 is 10.0 Å². The van der Waals surface area contributed by atoms with Gasteiger partial charge in [0.2, 0.25) is 5.95 Å². The van der Waals surface area contributed by atoms with Gasteiger partial charge in [-0.1, -0.05) is 18.2 Å². The Hall–Kier alpha value is -2.53. The van der Waals surface area contributed by atoms with E-state index in [0.29, 0.717) is 5.92 Å². The van der Waals surface area contributed by atoms with E-state index in [-0.39, 0.29) is 6.61 Å². The van der Waals surface area contributed by atoms with Gasteiger partial charge in [-0.2, -0.15) is 0 Å². The largest absolute Gasteiger partial charge is 0.396 e. The molecular formula is C19H20N4O. The Balaban J connectivity index is 1.62. The standard InChI is InChI=1S/C19H20N4O/c24-13-14-6-9-23(10-7-14)19-20-8-5-18(22-19)16-11-15-3-1-2-4-17(15)21-12-16/h1-5,8,11-12,14,24H,6-7,9-10,13H2. The monoisotopic (exact) mass is 320 g/mol. The summed E-state index contributed by atoms with van der Waals surface area (Å²) in [6.07, 6.45) is 5.65. The molecule has 122 valence electrons. The molecule has 0 bridgehead atoms. The highest BCUT2D eigenvalue weighted by Crippen LogP contribution is 2.24. The molecule has 24 heavy (non-hydrogen) atoms. The number of aliphatic hydroxyl groups is 1. The number of benzene rings is 1. The van der Waals surface area contributed by atoms with Gasteiger partial charge in [-0.3, -0.25) is 4.98 Å². The molecule has 1 aromatic carbocycles. The number of piperidine rings is 1. The summed E-state index contributed by atoms with van der Waals surface area (Å²) < 4.78 is 0. The molecule has 4 rings (SSSR count). The number of aliphatic hydroxyl groups excluding tert-OH is 1. The molecule has 3 heterocycles. The smallest absolute Gasteiger partial charge is 0.225 e. The summed E-state index contributed by atoms with van der Waals surface area (Å²) in [5.74, 6) is 1.17. The van der Waals surface area contributed by atoms with Crippen LogP contribution in [0.25, 0.3) is 22.2 Å². The van der Waals surface area contributed by atoms with Crippen LogP contribution in [0, 0.1) is 5.92 Å². The summed E-state index contributed by atoms with van der Waals surface area (Å²) >= 11 is 0. The molecule has 3 aromatic rings. The van der Waals surface area contributed by atoms with Crippen LogP contribution >= 0.6 is 0 Å². The number of para-hydroxylation sites is 1. The molecule has 0 saturated carbocycles. The van der Waals surface area contributed by atoms with Crippen LogP contribution in [0.5, 0.6) is 0 Å². The third kappa shape index (κ3) is 2.95. The first-order valence-corrected chi connectivity index (χ1v) is 8.37. The van der Waals surface area contributed by atoms with Crippen molar-refractivity contribution in [1.29, 1.82) is 0 Å². The summed E-state index contributed by atoms with van der Waals surface area (Å²) in [5, 5.41) is 10.4. The Morgan fingerprint density at radius 3 is 2.75 bits per heavy atom. The van der Waals surface area contributed by atoms with E-state index in [4.69, 9.17) is 4.98 Å². The molecule has 0 aliphatic carbocycles. The maximum Gasteiger partial charge on any atom is 0.225 e. The normalized spacial score (nSPS) is 15.8. The fourth-order valence-corrected chi connectivity index (χ4v) is 3.19. The van der Waals surface area contributed by atoms with Gasteiger partial charge in [-0.05, 0) is 37.0 Å². The number of nitrogens with zero attached hydrogens (tertiary/aromatic N) is 4. The van der Waals surface area contributed by atoms with Crippen LogP contribution in [-0.4, -0.2) is 39.8 Å². The molecule has 5 heteroatoms. The topological polar surface area (TPSA) is 62.1 Å². The van der Waals surface area contributed by atoms with Crippen molar-refractivity contribution in [3.05, 3.63) is 48.8 Å². The third-order valence-electron chi connectivity index (χ3n) is 4.68. The second-order valence-electron chi connectivity index (χ2n) is 6.27. The van der Waals surface area contributed by atoms with Gasteiger partial charge in [0.25, 0.3) is 0 Å². The number of fused-ring (bicyclic) bond motifs is 1. The van der Waals surface area contributed by atoms with Crippen molar-refractivity contribution in [3.8, 4) is 11.3 Å². The fourth-order valence-electron chi connectivity index (χ4n) is 3.19. The average molecular weight is 320 g/mol. The van der Waals surface area contributed by atoms with Crippen molar-refractivity contribution in [1.82, 2.24) is 15.0 Å². The Kier molecular flexibility index (Phi) is 4.09. The van der Waals surface area contributed by atoms with Crippen molar-refractivity contribution in [3.63, 3.8) is 0 Å². The Morgan fingerprint density at radius 1 is 1.08 bits per heavy atom. The molecule has 1 N–H and O–H groups in total. The van der Waals surface area contributed by atoms with E-state index >= 15 is 0 Å². The van der Waals surface area contributed by atoms with Crippen LogP contribution in [0.1, 0.15) is 12.8 Å². The van der Waals surface area contributed by atoms with Crippen LogP contribution in [0.15, 0.2) is 48.8 Å². The average Bonchev–Trinajstić information content (AvgIpc) is 2.68. The van der Waals surface area contributed by atoms with Gasteiger partial charge >= 0.3 is 0 Å². The molecule has 1 fully saturated rings. The van der Waals surface area contributed by atoms with E-state index < -0.39 is 0 Å². The predicted molar refractivity (Wildman–Crippen MR) is 94.8 cm³/mol. The van der Waals surface area contributed by atoms with Gasteiger partial charge in [0.15, 0.2) is 0 Å². The zero-order valence-corrected chi connectivity index (χ0v) is 13.5. The zero-order chi connectivity index (χ0) is 16.4. The van der Waals surface area contributed by atoms with Gasteiger partial charge in [0.05, 0.1) is 11.2 Å². The first-order valence-electron chi connectivity index (χ1n) is 8.37. The van der Waals surface area contributed by atoms with Gasteiger partial charge in [0, 0.05) is 43.0 Å². The molecule has 0 amide bonds. The Labute approximate surface area is 141 Å². The lowest BCUT2D eigenvalue weighted by molar-refractivity contribution is 0.202. The molecule has 1 aliphatic rings. The first kappa shape index (κ1) is 15.0. The predicted octanol–water partition coefficient (Wildman–Crippen LogP) is 2.90. The summed E-state index contributed by atoms with van der Waals surface area (Å²) in [6.45, 7) is 2.06. The number of aromatic nitrogens is 3. The number of anilines is 1. The minimum atomic E-state index is 0.275. The number of hydrogen-bond donors (Lipinski definition) is 1. The fraction of sp³-hybridized carbons (Fsp3) is 0.316. The molecule has 0 atom stereocenters. The van der Waals surface area contributed by atoms with Crippen molar-refractivity contribution in [2.75, 3.05) is 24.6 Å². The van der Waals surface area contributed by atoms with Crippen molar-refractivity contribution in [2.45, 2.75) is 12.8 Å². The quantitative estimate of drug-likeness (QED) is 0.804. The van der Waals surface area contributed by atoms with Crippen LogP contribution < -0.4 is 4.90 Å². The summed E-state index contributed by atoms with van der Waals surface area (Å²) in [7, 11) is 0. The number of hydrogen-bond acceptors (Lipinski definition) is 5. The maximum atomic E-state index is 9.27. The number of pyridine rings is 1. The van der Waals surface area contributed by atoms with E-state index in [1.807, 2.05) is 36.7 Å². The van der Waals surface area contributed by atoms with Crippen LogP contribution in [0.3, 0.4) is 0 Å². The van der Waals surface area contributed by atoms with Crippen molar-refractivity contribution < 1.29 is 5.11 Å². The Morgan fingerprint density at radius 2 is 1.92 bits per heavy atom. The lowest BCUT2D eigenvalue weighted by atomic mass is 9.98. The second kappa shape index (κ2) is 6.53. The van der Waals surface area contributed by atoms with Crippen molar-refractivity contribution >= 4 is 16.9 Å². The van der Waals surface area contributed by atoms with E-state index in [1.54, 1.807) is 0 Å². The minimum absolute atomic E-state index is 0.275. The molecule has 0 radical (unpaired) electrons. The second-order valence-corrected chi connectivity index (χ2v) is 6.27. The van der Waals surface area contributed by atoms with Crippen LogP contribution in [0.4, 0.5) is 5.95 Å². The SMILES string of the molecule is OCC1CCN(c2nccc(-c3cnc4ccccc4c3)n2)CC1. The highest BCUT2D eigenvalue weighted by molar-refractivity contribution is 5.82. The van der Waals surface area contributed by atoms with E-state index in [1.165, 1.54) is 0 Å². The van der Waals surface area contributed by atoms with Gasteiger partial charge in [-0.15, -0.1) is 0 Å². The van der Waals surface area contributed by atoms with Gasteiger partial charge in [0.1, 0.15) is 0 Å². The van der Waals surface area contributed by atoms with E-state index in [2.05, 4.69) is 27.0 Å². The molecular weight excluding hydrogens is 300 g/mol. The minimum Gasteiger partial charge on any atom is -0.396 e.